The van der Waals surface area contributed by atoms with Gasteiger partial charge >= 0.3 is 29.8 Å². The van der Waals surface area contributed by atoms with Gasteiger partial charge in [0.2, 0.25) is 0 Å². The fourth-order valence-corrected chi connectivity index (χ4v) is 3.36. The molecule has 0 heterocycles. The fraction of sp³-hybridized carbons (Fsp3) is 0.778. The van der Waals surface area contributed by atoms with Crippen molar-refractivity contribution in [3.8, 4) is 0 Å². The molecule has 1 N–H and O–H groups in total. The zero-order valence-corrected chi connectivity index (χ0v) is 23.8. The number of hydrogen-bond acceptors (Lipinski definition) is 12. The minimum Gasteiger partial charge on any atom is -0.462 e. The number of aliphatic hydroxyl groups is 1. The zero-order chi connectivity index (χ0) is 30.0. The van der Waals surface area contributed by atoms with Crippen molar-refractivity contribution >= 4 is 36.1 Å². The molecule has 224 valence electrons. The number of esters is 5. The molecule has 0 aromatic carbocycles. The summed E-state index contributed by atoms with van der Waals surface area (Å²) in [6.07, 6.45) is -3.57. The van der Waals surface area contributed by atoms with Crippen LogP contribution in [-0.4, -0.2) is 77.9 Å². The van der Waals surface area contributed by atoms with E-state index >= 15 is 0 Å². The first-order valence-corrected chi connectivity index (χ1v) is 13.4. The molecule has 12 nitrogen and oxygen atoms in total. The highest BCUT2D eigenvalue weighted by Gasteiger charge is 2.25. The third-order valence-corrected chi connectivity index (χ3v) is 5.44. The van der Waals surface area contributed by atoms with E-state index in [1.165, 1.54) is 20.8 Å². The second-order valence-electron chi connectivity index (χ2n) is 9.43. The molecule has 0 bridgehead atoms. The van der Waals surface area contributed by atoms with Gasteiger partial charge in [-0.3, -0.25) is 24.0 Å². The van der Waals surface area contributed by atoms with Crippen LogP contribution in [0.25, 0.3) is 0 Å². The minimum atomic E-state index is -0.859. The maximum atomic E-state index is 12.3. The molecule has 0 radical (unpaired) electrons. The van der Waals surface area contributed by atoms with Gasteiger partial charge < -0.3 is 33.6 Å². The summed E-state index contributed by atoms with van der Waals surface area (Å²) >= 11 is 0. The normalized spacial score (nSPS) is 15.5. The third-order valence-electron chi connectivity index (χ3n) is 5.44. The van der Waals surface area contributed by atoms with Gasteiger partial charge in [-0.15, -0.1) is 0 Å². The van der Waals surface area contributed by atoms with Gasteiger partial charge in [-0.2, -0.15) is 0 Å². The Labute approximate surface area is 230 Å². The fourth-order valence-electron chi connectivity index (χ4n) is 3.36. The van der Waals surface area contributed by atoms with Crippen LogP contribution in [0.3, 0.4) is 0 Å². The van der Waals surface area contributed by atoms with E-state index in [0.717, 1.165) is 0 Å². The van der Waals surface area contributed by atoms with E-state index in [9.17, 15) is 33.9 Å². The van der Waals surface area contributed by atoms with Crippen molar-refractivity contribution in [2.75, 3.05) is 0 Å². The SMILES string of the molecule is CCC(CC=O)OC(=O)CC(C)OC(=O)CC(CC)OC(=O)CC(C)OC(=O)CC(CC)OC(=O)CC(C)O. The lowest BCUT2D eigenvalue weighted by atomic mass is 10.2. The molecule has 0 fully saturated rings. The first kappa shape index (κ1) is 36.0. The highest BCUT2D eigenvalue weighted by atomic mass is 16.6. The van der Waals surface area contributed by atoms with Crippen LogP contribution in [-0.2, 0) is 52.5 Å². The first-order valence-electron chi connectivity index (χ1n) is 13.4. The van der Waals surface area contributed by atoms with Crippen LogP contribution in [0.1, 0.15) is 99.3 Å². The predicted molar refractivity (Wildman–Crippen MR) is 137 cm³/mol. The van der Waals surface area contributed by atoms with Crippen LogP contribution in [0, 0.1) is 0 Å². The quantitative estimate of drug-likeness (QED) is 0.131. The Bertz CT molecular complexity index is 794. The summed E-state index contributed by atoms with van der Waals surface area (Å²) in [6, 6.07) is 0. The standard InChI is InChI=1S/C27H44O12/c1-7-20(10-11-28)37-24(31)13-18(5)35-27(34)16-22(9-3)39-25(32)14-19(6)36-26(33)15-21(8-2)38-23(30)12-17(4)29/h11,17-22,29H,7-10,12-16H2,1-6H3. The van der Waals surface area contributed by atoms with Crippen molar-refractivity contribution in [1.82, 2.24) is 0 Å². The number of hydrogen-bond donors (Lipinski definition) is 1. The van der Waals surface area contributed by atoms with Gasteiger partial charge in [0.25, 0.3) is 0 Å². The average Bonchev–Trinajstić information content (AvgIpc) is 2.81. The monoisotopic (exact) mass is 560 g/mol. The molecule has 0 rings (SSSR count). The van der Waals surface area contributed by atoms with Crippen LogP contribution in [0.4, 0.5) is 0 Å². The van der Waals surface area contributed by atoms with Crippen LogP contribution in [0.5, 0.6) is 0 Å². The lowest BCUT2D eigenvalue weighted by Gasteiger charge is -2.20. The molecular weight excluding hydrogens is 516 g/mol. The Balaban J connectivity index is 4.55. The van der Waals surface area contributed by atoms with Crippen molar-refractivity contribution < 1.29 is 57.6 Å². The van der Waals surface area contributed by atoms with Crippen LogP contribution in [0.2, 0.25) is 0 Å². The first-order chi connectivity index (χ1) is 18.3. The lowest BCUT2D eigenvalue weighted by Crippen LogP contribution is -2.29. The van der Waals surface area contributed by atoms with Crippen molar-refractivity contribution in [2.24, 2.45) is 0 Å². The molecule has 12 heteroatoms. The van der Waals surface area contributed by atoms with E-state index < -0.39 is 66.5 Å². The molecule has 0 spiro atoms. The van der Waals surface area contributed by atoms with Gasteiger partial charge in [0.15, 0.2) is 0 Å². The molecule has 0 saturated heterocycles. The summed E-state index contributed by atoms with van der Waals surface area (Å²) < 4.78 is 26.1. The number of aldehydes is 1. The largest absolute Gasteiger partial charge is 0.462 e. The van der Waals surface area contributed by atoms with Crippen LogP contribution in [0.15, 0.2) is 0 Å². The average molecular weight is 561 g/mol. The smallest absolute Gasteiger partial charge is 0.309 e. The van der Waals surface area contributed by atoms with E-state index in [-0.39, 0.29) is 38.5 Å². The topological polar surface area (TPSA) is 169 Å². The Morgan fingerprint density at radius 2 is 0.897 bits per heavy atom. The number of carbonyl (C=O) groups excluding carboxylic acids is 6. The summed E-state index contributed by atoms with van der Waals surface area (Å²) in [4.78, 5) is 71.1. The molecule has 39 heavy (non-hydrogen) atoms. The molecule has 0 amide bonds. The summed E-state index contributed by atoms with van der Waals surface area (Å²) in [5.74, 6) is -3.21. The summed E-state index contributed by atoms with van der Waals surface area (Å²) in [5, 5.41) is 9.25. The molecule has 6 unspecified atom stereocenters. The molecule has 0 aromatic rings. The second-order valence-corrected chi connectivity index (χ2v) is 9.43. The van der Waals surface area contributed by atoms with Gasteiger partial charge in [-0.05, 0) is 40.0 Å². The van der Waals surface area contributed by atoms with Crippen LogP contribution >= 0.6 is 0 Å². The maximum absolute atomic E-state index is 12.3. The van der Waals surface area contributed by atoms with Gasteiger partial charge in [-0.1, -0.05) is 20.8 Å². The van der Waals surface area contributed by atoms with Gasteiger partial charge in [0.1, 0.15) is 36.8 Å². The van der Waals surface area contributed by atoms with Gasteiger partial charge in [-0.25, -0.2) is 0 Å². The Morgan fingerprint density at radius 3 is 1.23 bits per heavy atom. The number of ether oxygens (including phenoxy) is 5. The Kier molecular flexibility index (Phi) is 18.4. The van der Waals surface area contributed by atoms with E-state index in [4.69, 9.17) is 23.7 Å². The van der Waals surface area contributed by atoms with E-state index in [1.54, 1.807) is 20.8 Å². The molecule has 0 saturated carbocycles. The molecule has 0 aliphatic rings. The number of rotatable bonds is 20. The number of carbonyl (C=O) groups is 6. The van der Waals surface area contributed by atoms with Crippen LogP contribution < -0.4 is 0 Å². The highest BCUT2D eigenvalue weighted by molar-refractivity contribution is 5.75. The minimum absolute atomic E-state index is 0.0945. The van der Waals surface area contributed by atoms with E-state index in [0.29, 0.717) is 25.5 Å². The molecule has 0 aliphatic carbocycles. The second kappa shape index (κ2) is 20.0. The molecule has 6 atom stereocenters. The predicted octanol–water partition coefficient (Wildman–Crippen LogP) is 2.74. The van der Waals surface area contributed by atoms with Crippen molar-refractivity contribution in [3.63, 3.8) is 0 Å². The molecule has 0 aliphatic heterocycles. The van der Waals surface area contributed by atoms with Gasteiger partial charge in [0.05, 0.1) is 38.2 Å². The summed E-state index contributed by atoms with van der Waals surface area (Å²) in [5.41, 5.74) is 0. The molecular formula is C27H44O12. The van der Waals surface area contributed by atoms with Crippen molar-refractivity contribution in [2.45, 2.75) is 136 Å². The Morgan fingerprint density at radius 1 is 0.564 bits per heavy atom. The van der Waals surface area contributed by atoms with Crippen molar-refractivity contribution in [1.29, 1.82) is 0 Å². The van der Waals surface area contributed by atoms with E-state index in [2.05, 4.69) is 0 Å². The lowest BCUT2D eigenvalue weighted by molar-refractivity contribution is -0.162. The highest BCUT2D eigenvalue weighted by Crippen LogP contribution is 2.14. The molecule has 0 aromatic heterocycles. The van der Waals surface area contributed by atoms with Crippen molar-refractivity contribution in [3.05, 3.63) is 0 Å². The number of aliphatic hydroxyl groups excluding tert-OH is 1. The summed E-state index contributed by atoms with van der Waals surface area (Å²) in [6.45, 7) is 9.72. The Hall–Kier alpha value is -3.02. The van der Waals surface area contributed by atoms with Gasteiger partial charge in [0, 0.05) is 6.42 Å². The third kappa shape index (κ3) is 18.0. The zero-order valence-electron chi connectivity index (χ0n) is 23.8. The maximum Gasteiger partial charge on any atom is 0.309 e. The van der Waals surface area contributed by atoms with E-state index in [1.807, 2.05) is 0 Å². The summed E-state index contributed by atoms with van der Waals surface area (Å²) in [7, 11) is 0.